The maximum atomic E-state index is 12.1. The molecular formula is C15H10BrN3OS. The highest BCUT2D eigenvalue weighted by molar-refractivity contribution is 9.10. The summed E-state index contributed by atoms with van der Waals surface area (Å²) in [6.45, 7) is 0. The first kappa shape index (κ1) is 13.9. The number of hydrogen-bond donors (Lipinski definition) is 1. The second-order valence-electron chi connectivity index (χ2n) is 4.24. The van der Waals surface area contributed by atoms with Crippen molar-refractivity contribution in [3.8, 4) is 11.3 Å². The zero-order valence-electron chi connectivity index (χ0n) is 10.8. The Morgan fingerprint density at radius 1 is 1.19 bits per heavy atom. The Bertz CT molecular complexity index is 773. The van der Waals surface area contributed by atoms with Crippen LogP contribution in [-0.2, 0) is 0 Å². The van der Waals surface area contributed by atoms with E-state index >= 15 is 0 Å². The summed E-state index contributed by atoms with van der Waals surface area (Å²) in [5, 5.41) is 5.29. The lowest BCUT2D eigenvalue weighted by Gasteiger charge is -2.02. The van der Waals surface area contributed by atoms with Crippen molar-refractivity contribution in [1.82, 2.24) is 9.97 Å². The molecule has 1 amide bonds. The quantitative estimate of drug-likeness (QED) is 0.761. The number of benzene rings is 1. The first-order chi connectivity index (χ1) is 10.2. The largest absolute Gasteiger partial charge is 0.298 e. The monoisotopic (exact) mass is 359 g/mol. The average molecular weight is 360 g/mol. The molecule has 0 fully saturated rings. The number of hydrogen-bond acceptors (Lipinski definition) is 4. The highest BCUT2D eigenvalue weighted by Gasteiger charge is 2.10. The summed E-state index contributed by atoms with van der Waals surface area (Å²) < 4.78 is 0.867. The third-order valence-corrected chi connectivity index (χ3v) is 4.04. The Hall–Kier alpha value is -2.05. The van der Waals surface area contributed by atoms with Gasteiger partial charge in [-0.1, -0.05) is 22.0 Å². The molecular weight excluding hydrogens is 350 g/mol. The number of nitrogens with zero attached hydrogens (tertiary/aromatic N) is 2. The van der Waals surface area contributed by atoms with E-state index < -0.39 is 0 Å². The summed E-state index contributed by atoms with van der Waals surface area (Å²) in [7, 11) is 0. The third kappa shape index (κ3) is 3.34. The van der Waals surface area contributed by atoms with Crippen molar-refractivity contribution in [2.75, 3.05) is 5.32 Å². The fraction of sp³-hybridized carbons (Fsp3) is 0. The van der Waals surface area contributed by atoms with E-state index in [1.165, 1.54) is 11.3 Å². The number of aromatic nitrogens is 2. The van der Waals surface area contributed by atoms with E-state index in [9.17, 15) is 4.79 Å². The number of rotatable bonds is 3. The molecule has 6 heteroatoms. The van der Waals surface area contributed by atoms with E-state index in [1.807, 2.05) is 29.6 Å². The summed E-state index contributed by atoms with van der Waals surface area (Å²) in [4.78, 5) is 20.5. The van der Waals surface area contributed by atoms with Gasteiger partial charge in [-0.2, -0.15) is 0 Å². The predicted octanol–water partition coefficient (Wildman–Crippen LogP) is 4.22. The number of thiazole rings is 1. The van der Waals surface area contributed by atoms with Crippen molar-refractivity contribution < 1.29 is 4.79 Å². The normalized spacial score (nSPS) is 10.3. The lowest BCUT2D eigenvalue weighted by atomic mass is 10.2. The number of amides is 1. The van der Waals surface area contributed by atoms with Crippen LogP contribution < -0.4 is 5.32 Å². The molecule has 0 aliphatic carbocycles. The Kier molecular flexibility index (Phi) is 4.08. The van der Waals surface area contributed by atoms with E-state index in [0.29, 0.717) is 10.7 Å². The predicted molar refractivity (Wildman–Crippen MR) is 87.4 cm³/mol. The van der Waals surface area contributed by atoms with Crippen molar-refractivity contribution >= 4 is 38.3 Å². The Morgan fingerprint density at radius 3 is 2.76 bits per heavy atom. The smallest absolute Gasteiger partial charge is 0.257 e. The summed E-state index contributed by atoms with van der Waals surface area (Å²) >= 11 is 4.75. The van der Waals surface area contributed by atoms with Gasteiger partial charge in [0.05, 0.1) is 5.69 Å². The van der Waals surface area contributed by atoms with Crippen LogP contribution in [0.3, 0.4) is 0 Å². The fourth-order valence-electron chi connectivity index (χ4n) is 1.79. The molecule has 0 saturated heterocycles. The van der Waals surface area contributed by atoms with Crippen LogP contribution in [0.1, 0.15) is 10.4 Å². The molecule has 0 aliphatic rings. The molecule has 0 radical (unpaired) electrons. The van der Waals surface area contributed by atoms with E-state index in [0.717, 1.165) is 15.7 Å². The summed E-state index contributed by atoms with van der Waals surface area (Å²) in [6, 6.07) is 11.0. The van der Waals surface area contributed by atoms with E-state index in [4.69, 9.17) is 0 Å². The highest BCUT2D eigenvalue weighted by atomic mass is 79.9. The minimum atomic E-state index is -0.174. The second-order valence-corrected chi connectivity index (χ2v) is 6.01. The average Bonchev–Trinajstić information content (AvgIpc) is 2.97. The lowest BCUT2D eigenvalue weighted by molar-refractivity contribution is 0.102. The molecule has 21 heavy (non-hydrogen) atoms. The standard InChI is InChI=1S/C15H10BrN3OS/c16-12-3-1-2-11(8-12)14(20)19-15-18-13(9-21-15)10-4-6-17-7-5-10/h1-9H,(H,18,19,20). The molecule has 104 valence electrons. The highest BCUT2D eigenvalue weighted by Crippen LogP contribution is 2.24. The summed E-state index contributed by atoms with van der Waals surface area (Å²) in [5.74, 6) is -0.174. The number of halogens is 1. The van der Waals surface area contributed by atoms with Gasteiger partial charge >= 0.3 is 0 Å². The Balaban J connectivity index is 1.77. The summed E-state index contributed by atoms with van der Waals surface area (Å²) in [5.41, 5.74) is 2.39. The van der Waals surface area contributed by atoms with Gasteiger partial charge in [-0.25, -0.2) is 4.98 Å². The number of carbonyl (C=O) groups excluding carboxylic acids is 1. The third-order valence-electron chi connectivity index (χ3n) is 2.79. The van der Waals surface area contributed by atoms with Crippen LogP contribution in [0.25, 0.3) is 11.3 Å². The van der Waals surface area contributed by atoms with Gasteiger partial charge in [-0.15, -0.1) is 11.3 Å². The molecule has 3 aromatic rings. The summed E-state index contributed by atoms with van der Waals surface area (Å²) in [6.07, 6.45) is 3.43. The van der Waals surface area contributed by atoms with Gasteiger partial charge in [-0.05, 0) is 30.3 Å². The Morgan fingerprint density at radius 2 is 2.00 bits per heavy atom. The van der Waals surface area contributed by atoms with Gasteiger partial charge in [-0.3, -0.25) is 15.1 Å². The molecule has 0 spiro atoms. The lowest BCUT2D eigenvalue weighted by Crippen LogP contribution is -2.11. The van der Waals surface area contributed by atoms with Crippen LogP contribution in [0, 0.1) is 0 Å². The minimum Gasteiger partial charge on any atom is -0.298 e. The molecule has 1 N–H and O–H groups in total. The van der Waals surface area contributed by atoms with Crippen molar-refractivity contribution in [2.45, 2.75) is 0 Å². The van der Waals surface area contributed by atoms with Gasteiger partial charge < -0.3 is 0 Å². The molecule has 0 bridgehead atoms. The molecule has 3 rings (SSSR count). The Labute approximate surface area is 134 Å². The minimum absolute atomic E-state index is 0.174. The van der Waals surface area contributed by atoms with Gasteiger partial charge in [0.1, 0.15) is 0 Å². The van der Waals surface area contributed by atoms with Gasteiger partial charge in [0.15, 0.2) is 5.13 Å². The molecule has 2 heterocycles. The van der Waals surface area contributed by atoms with Crippen LogP contribution >= 0.6 is 27.3 Å². The van der Waals surface area contributed by atoms with E-state index in [-0.39, 0.29) is 5.91 Å². The van der Waals surface area contributed by atoms with Crippen molar-refractivity contribution in [1.29, 1.82) is 0 Å². The topological polar surface area (TPSA) is 54.9 Å². The molecule has 1 aromatic carbocycles. The second kappa shape index (κ2) is 6.15. The van der Waals surface area contributed by atoms with Gasteiger partial charge in [0, 0.05) is 33.4 Å². The van der Waals surface area contributed by atoms with Crippen LogP contribution in [-0.4, -0.2) is 15.9 Å². The number of anilines is 1. The molecule has 0 aliphatic heterocycles. The van der Waals surface area contributed by atoms with Crippen LogP contribution in [0.5, 0.6) is 0 Å². The number of pyridine rings is 1. The van der Waals surface area contributed by atoms with Crippen LogP contribution in [0.15, 0.2) is 58.6 Å². The number of carbonyl (C=O) groups is 1. The maximum Gasteiger partial charge on any atom is 0.257 e. The van der Waals surface area contributed by atoms with Gasteiger partial charge in [0.2, 0.25) is 0 Å². The van der Waals surface area contributed by atoms with Crippen LogP contribution in [0.2, 0.25) is 0 Å². The molecule has 4 nitrogen and oxygen atoms in total. The fourth-order valence-corrected chi connectivity index (χ4v) is 2.90. The first-order valence-electron chi connectivity index (χ1n) is 6.15. The SMILES string of the molecule is O=C(Nc1nc(-c2ccncc2)cs1)c1cccc(Br)c1. The zero-order valence-corrected chi connectivity index (χ0v) is 13.2. The molecule has 0 saturated carbocycles. The zero-order chi connectivity index (χ0) is 14.7. The maximum absolute atomic E-state index is 12.1. The van der Waals surface area contributed by atoms with E-state index in [1.54, 1.807) is 24.5 Å². The van der Waals surface area contributed by atoms with Crippen molar-refractivity contribution in [3.05, 3.63) is 64.2 Å². The number of nitrogens with one attached hydrogen (secondary N) is 1. The van der Waals surface area contributed by atoms with E-state index in [2.05, 4.69) is 31.2 Å². The van der Waals surface area contributed by atoms with Crippen molar-refractivity contribution in [3.63, 3.8) is 0 Å². The molecule has 2 aromatic heterocycles. The van der Waals surface area contributed by atoms with Gasteiger partial charge in [0.25, 0.3) is 5.91 Å². The first-order valence-corrected chi connectivity index (χ1v) is 7.82. The molecule has 0 atom stereocenters. The van der Waals surface area contributed by atoms with Crippen LogP contribution in [0.4, 0.5) is 5.13 Å². The molecule has 0 unspecified atom stereocenters. The van der Waals surface area contributed by atoms with Crippen molar-refractivity contribution in [2.24, 2.45) is 0 Å².